The Kier molecular flexibility index (Phi) is 4.08. The van der Waals surface area contributed by atoms with Crippen molar-refractivity contribution >= 4 is 33.9 Å². The lowest BCUT2D eigenvalue weighted by molar-refractivity contribution is 0.147. The van der Waals surface area contributed by atoms with Crippen molar-refractivity contribution in [2.24, 2.45) is 0 Å². The monoisotopic (exact) mass is 302 g/mol. The molecule has 106 valence electrons. The number of benzene rings is 1. The molecule has 20 heavy (non-hydrogen) atoms. The van der Waals surface area contributed by atoms with Crippen molar-refractivity contribution in [3.63, 3.8) is 0 Å². The molecule has 1 heterocycles. The van der Waals surface area contributed by atoms with Crippen LogP contribution in [-0.2, 0) is 0 Å². The fraction of sp³-hybridized carbons (Fsp3) is 0.0909. The smallest absolute Gasteiger partial charge is 0.324 e. The molecule has 0 fully saturated rings. The minimum Gasteiger partial charge on any atom is -0.397 e. The number of amides is 2. The summed E-state index contributed by atoms with van der Waals surface area (Å²) in [7, 11) is 0. The van der Waals surface area contributed by atoms with E-state index in [9.17, 15) is 18.0 Å². The average Bonchev–Trinajstić information content (AvgIpc) is 2.82. The summed E-state index contributed by atoms with van der Waals surface area (Å²) in [6.45, 7) is 0. The lowest BCUT2D eigenvalue weighted by Crippen LogP contribution is -2.19. The number of nitrogens with zero attached hydrogens (tertiary/aromatic N) is 1. The Balaban J connectivity index is 2.03. The predicted octanol–water partition coefficient (Wildman–Crippen LogP) is 3.45. The molecule has 2 aromatic rings. The molecule has 0 aliphatic carbocycles. The van der Waals surface area contributed by atoms with E-state index in [1.54, 1.807) is 0 Å². The van der Waals surface area contributed by atoms with Gasteiger partial charge in [0.15, 0.2) is 0 Å². The predicted molar refractivity (Wildman–Crippen MR) is 70.5 cm³/mol. The number of carbonyl (C=O) groups is 1. The Morgan fingerprint density at radius 2 is 2.05 bits per heavy atom. The molecule has 4 N–H and O–H groups in total. The van der Waals surface area contributed by atoms with Crippen molar-refractivity contribution in [3.8, 4) is 0 Å². The van der Waals surface area contributed by atoms with E-state index in [1.165, 1.54) is 6.07 Å². The number of urea groups is 1. The lowest BCUT2D eigenvalue weighted by Gasteiger charge is -2.08. The van der Waals surface area contributed by atoms with E-state index in [0.29, 0.717) is 11.5 Å². The highest BCUT2D eigenvalue weighted by atomic mass is 32.1. The van der Waals surface area contributed by atoms with Crippen molar-refractivity contribution in [3.05, 3.63) is 35.8 Å². The number of alkyl halides is 2. The van der Waals surface area contributed by atoms with Gasteiger partial charge in [-0.2, -0.15) is 4.37 Å². The number of hydrogen-bond acceptors (Lipinski definition) is 4. The molecular weight excluding hydrogens is 293 g/mol. The largest absolute Gasteiger partial charge is 0.397 e. The molecule has 1 aromatic carbocycles. The van der Waals surface area contributed by atoms with Crippen LogP contribution in [0.4, 0.5) is 34.3 Å². The lowest BCUT2D eigenvalue weighted by atomic mass is 10.2. The second kappa shape index (κ2) is 5.78. The van der Waals surface area contributed by atoms with E-state index in [4.69, 9.17) is 5.73 Å². The number of carbonyl (C=O) groups excluding carboxylic acids is 1. The summed E-state index contributed by atoms with van der Waals surface area (Å²) >= 11 is 0.717. The van der Waals surface area contributed by atoms with Gasteiger partial charge in [0.25, 0.3) is 6.43 Å². The van der Waals surface area contributed by atoms with Crippen LogP contribution in [0, 0.1) is 5.82 Å². The SMILES string of the molecule is Nc1ccc(F)cc1NC(=O)Nc1cc(C(F)F)ns1. The van der Waals surface area contributed by atoms with Crippen LogP contribution < -0.4 is 16.4 Å². The highest BCUT2D eigenvalue weighted by Crippen LogP contribution is 2.25. The Bertz CT molecular complexity index is 632. The average molecular weight is 302 g/mol. The van der Waals surface area contributed by atoms with Crippen LogP contribution in [0.3, 0.4) is 0 Å². The van der Waals surface area contributed by atoms with E-state index in [1.807, 2.05) is 0 Å². The Labute approximate surface area is 115 Å². The number of nitrogens with two attached hydrogens (primary N) is 1. The maximum Gasteiger partial charge on any atom is 0.324 e. The van der Waals surface area contributed by atoms with Gasteiger partial charge in [0.1, 0.15) is 16.5 Å². The van der Waals surface area contributed by atoms with Crippen LogP contribution in [0.25, 0.3) is 0 Å². The Morgan fingerprint density at radius 3 is 2.70 bits per heavy atom. The zero-order valence-electron chi connectivity index (χ0n) is 9.86. The topological polar surface area (TPSA) is 80.0 Å². The molecule has 5 nitrogen and oxygen atoms in total. The number of nitrogen functional groups attached to an aromatic ring is 1. The molecule has 0 aliphatic heterocycles. The van der Waals surface area contributed by atoms with Gasteiger partial charge in [-0.05, 0) is 29.7 Å². The summed E-state index contributed by atoms with van der Waals surface area (Å²) in [5, 5.41) is 4.77. The van der Waals surface area contributed by atoms with Gasteiger partial charge < -0.3 is 11.1 Å². The van der Waals surface area contributed by atoms with Gasteiger partial charge in [-0.1, -0.05) is 0 Å². The molecule has 0 unspecified atom stereocenters. The fourth-order valence-corrected chi connectivity index (χ4v) is 2.00. The number of halogens is 3. The molecule has 0 saturated carbocycles. The van der Waals surface area contributed by atoms with Gasteiger partial charge >= 0.3 is 6.03 Å². The van der Waals surface area contributed by atoms with Gasteiger partial charge in [-0.25, -0.2) is 18.0 Å². The van der Waals surface area contributed by atoms with Crippen molar-refractivity contribution < 1.29 is 18.0 Å². The highest BCUT2D eigenvalue weighted by molar-refractivity contribution is 7.10. The molecule has 2 amide bonds. The molecule has 0 atom stereocenters. The van der Waals surface area contributed by atoms with Crippen LogP contribution in [0.2, 0.25) is 0 Å². The van der Waals surface area contributed by atoms with Gasteiger partial charge in [-0.3, -0.25) is 5.32 Å². The van der Waals surface area contributed by atoms with E-state index in [2.05, 4.69) is 15.0 Å². The quantitative estimate of drug-likeness (QED) is 0.760. The van der Waals surface area contributed by atoms with Crippen molar-refractivity contribution in [1.82, 2.24) is 4.37 Å². The molecule has 2 rings (SSSR count). The number of anilines is 3. The fourth-order valence-electron chi connectivity index (χ4n) is 1.35. The van der Waals surface area contributed by atoms with Gasteiger partial charge in [-0.15, -0.1) is 0 Å². The van der Waals surface area contributed by atoms with Gasteiger partial charge in [0.2, 0.25) is 0 Å². The molecule has 0 saturated heterocycles. The van der Waals surface area contributed by atoms with E-state index < -0.39 is 24.0 Å². The first-order valence-corrected chi connectivity index (χ1v) is 6.11. The second-order valence-electron chi connectivity index (χ2n) is 3.73. The van der Waals surface area contributed by atoms with Crippen LogP contribution in [-0.4, -0.2) is 10.4 Å². The summed E-state index contributed by atoms with van der Waals surface area (Å²) < 4.78 is 41.1. The van der Waals surface area contributed by atoms with Gasteiger partial charge in [0, 0.05) is 6.07 Å². The minimum absolute atomic E-state index is 0.0844. The van der Waals surface area contributed by atoms with Gasteiger partial charge in [0.05, 0.1) is 11.4 Å². The summed E-state index contributed by atoms with van der Waals surface area (Å²) in [5.74, 6) is -0.563. The first-order valence-electron chi connectivity index (χ1n) is 5.33. The standard InChI is InChI=1S/C11H9F3N4OS/c12-5-1-2-6(15)7(3-5)16-11(19)17-9-4-8(10(13)14)18-20-9/h1-4,10H,15H2,(H2,16,17,19). The summed E-state index contributed by atoms with van der Waals surface area (Å²) in [6.07, 6.45) is -2.70. The Morgan fingerprint density at radius 1 is 1.30 bits per heavy atom. The zero-order valence-corrected chi connectivity index (χ0v) is 10.7. The molecule has 9 heteroatoms. The third-order valence-electron chi connectivity index (χ3n) is 2.25. The summed E-state index contributed by atoms with van der Waals surface area (Å²) in [5.41, 5.74) is 5.40. The zero-order chi connectivity index (χ0) is 14.7. The van der Waals surface area contributed by atoms with Crippen molar-refractivity contribution in [1.29, 1.82) is 0 Å². The third kappa shape index (κ3) is 3.38. The number of nitrogens with one attached hydrogen (secondary N) is 2. The number of rotatable bonds is 3. The van der Waals surface area contributed by atoms with Crippen LogP contribution in [0.1, 0.15) is 12.1 Å². The maximum atomic E-state index is 13.0. The molecule has 1 aromatic heterocycles. The van der Waals surface area contributed by atoms with E-state index in [-0.39, 0.29) is 16.4 Å². The van der Waals surface area contributed by atoms with Crippen LogP contribution in [0.15, 0.2) is 24.3 Å². The minimum atomic E-state index is -2.70. The molecular formula is C11H9F3N4OS. The van der Waals surface area contributed by atoms with Crippen molar-refractivity contribution in [2.45, 2.75) is 6.43 Å². The van der Waals surface area contributed by atoms with Crippen LogP contribution >= 0.6 is 11.5 Å². The normalized spacial score (nSPS) is 10.6. The first-order chi connectivity index (χ1) is 9.45. The maximum absolute atomic E-state index is 13.0. The second-order valence-corrected chi connectivity index (χ2v) is 4.53. The first kappa shape index (κ1) is 14.1. The summed E-state index contributed by atoms with van der Waals surface area (Å²) in [4.78, 5) is 11.6. The van der Waals surface area contributed by atoms with E-state index >= 15 is 0 Å². The molecule has 0 spiro atoms. The molecule has 0 bridgehead atoms. The molecule has 0 aliphatic rings. The van der Waals surface area contributed by atoms with E-state index in [0.717, 1.165) is 18.2 Å². The Hall–Kier alpha value is -2.29. The number of aromatic nitrogens is 1. The third-order valence-corrected chi connectivity index (χ3v) is 2.97. The highest BCUT2D eigenvalue weighted by Gasteiger charge is 2.14. The summed E-state index contributed by atoms with van der Waals surface area (Å²) in [6, 6.07) is 3.82. The number of hydrogen-bond donors (Lipinski definition) is 3. The molecule has 0 radical (unpaired) electrons. The van der Waals surface area contributed by atoms with Crippen molar-refractivity contribution in [2.75, 3.05) is 16.4 Å². The van der Waals surface area contributed by atoms with Crippen LogP contribution in [0.5, 0.6) is 0 Å².